The Bertz CT molecular complexity index is 972. The highest BCUT2D eigenvalue weighted by atomic mass is 35.5. The Morgan fingerprint density at radius 2 is 1.70 bits per heavy atom. The van der Waals surface area contributed by atoms with E-state index in [4.69, 9.17) is 21.1 Å². The Balaban J connectivity index is 1.85. The predicted octanol–water partition coefficient (Wildman–Crippen LogP) is 4.91. The largest absolute Gasteiger partial charge is 0.495 e. The van der Waals surface area contributed by atoms with E-state index in [1.54, 1.807) is 18.2 Å². The second-order valence-corrected chi connectivity index (χ2v) is 5.74. The first-order valence-corrected chi connectivity index (χ1v) is 8.11. The normalized spacial score (nSPS) is 10.4. The molecule has 0 atom stereocenters. The summed E-state index contributed by atoms with van der Waals surface area (Å²) in [5.74, 6) is -0.303. The third-order valence-electron chi connectivity index (χ3n) is 3.57. The predicted molar refractivity (Wildman–Crippen MR) is 99.5 cm³/mol. The standard InChI is InChI=1S/C18H15ClF2N4O2/c1-26-15-9-14(16(27-2)8-11(15)19)24-18-22-6-5-17(25-18)23-10-3-4-12(20)13(21)7-10/h3-9H,1-2H3,(H2,22,23,24,25). The zero-order chi connectivity index (χ0) is 19.4. The molecule has 0 fully saturated rings. The molecule has 140 valence electrons. The maximum Gasteiger partial charge on any atom is 0.229 e. The Labute approximate surface area is 159 Å². The lowest BCUT2D eigenvalue weighted by Crippen LogP contribution is -2.02. The summed E-state index contributed by atoms with van der Waals surface area (Å²) in [6.45, 7) is 0. The van der Waals surface area contributed by atoms with E-state index in [0.29, 0.717) is 33.7 Å². The average Bonchev–Trinajstić information content (AvgIpc) is 2.66. The van der Waals surface area contributed by atoms with E-state index in [0.717, 1.165) is 12.1 Å². The van der Waals surface area contributed by atoms with Crippen molar-refractivity contribution < 1.29 is 18.3 Å². The summed E-state index contributed by atoms with van der Waals surface area (Å²) in [7, 11) is 3.01. The highest BCUT2D eigenvalue weighted by molar-refractivity contribution is 6.32. The fraction of sp³-hybridized carbons (Fsp3) is 0.111. The van der Waals surface area contributed by atoms with E-state index in [1.165, 1.54) is 26.5 Å². The molecule has 0 bridgehead atoms. The molecule has 0 aliphatic carbocycles. The van der Waals surface area contributed by atoms with Gasteiger partial charge in [-0.1, -0.05) is 11.6 Å². The Hall–Kier alpha value is -3.13. The van der Waals surface area contributed by atoms with E-state index in [9.17, 15) is 8.78 Å². The summed E-state index contributed by atoms with van der Waals surface area (Å²) in [4.78, 5) is 8.43. The fourth-order valence-electron chi connectivity index (χ4n) is 2.29. The van der Waals surface area contributed by atoms with E-state index in [2.05, 4.69) is 20.6 Å². The van der Waals surface area contributed by atoms with Gasteiger partial charge in [0.2, 0.25) is 5.95 Å². The molecule has 6 nitrogen and oxygen atoms in total. The molecule has 9 heteroatoms. The number of benzene rings is 2. The summed E-state index contributed by atoms with van der Waals surface area (Å²) in [6, 6.07) is 8.32. The van der Waals surface area contributed by atoms with Crippen molar-refractivity contribution in [2.45, 2.75) is 0 Å². The first-order chi connectivity index (χ1) is 13.0. The van der Waals surface area contributed by atoms with Crippen LogP contribution in [0.4, 0.5) is 31.9 Å². The van der Waals surface area contributed by atoms with E-state index < -0.39 is 11.6 Å². The molecule has 0 amide bonds. The molecule has 2 aromatic carbocycles. The average molecular weight is 393 g/mol. The summed E-state index contributed by atoms with van der Waals surface area (Å²) in [5.41, 5.74) is 0.896. The van der Waals surface area contributed by atoms with Crippen LogP contribution in [-0.4, -0.2) is 24.2 Å². The van der Waals surface area contributed by atoms with Crippen LogP contribution < -0.4 is 20.1 Å². The number of halogens is 3. The number of ether oxygens (including phenoxy) is 2. The van der Waals surface area contributed by atoms with Crippen LogP contribution in [0.2, 0.25) is 5.02 Å². The molecule has 2 N–H and O–H groups in total. The van der Waals surface area contributed by atoms with Crippen LogP contribution in [0.5, 0.6) is 11.5 Å². The molecular weight excluding hydrogens is 378 g/mol. The summed E-state index contributed by atoms with van der Waals surface area (Å²) in [6.07, 6.45) is 1.51. The topological polar surface area (TPSA) is 68.3 Å². The number of methoxy groups -OCH3 is 2. The van der Waals surface area contributed by atoms with Crippen LogP contribution in [0.25, 0.3) is 0 Å². The van der Waals surface area contributed by atoms with E-state index in [1.807, 2.05) is 0 Å². The third-order valence-corrected chi connectivity index (χ3v) is 3.86. The molecule has 0 aliphatic rings. The SMILES string of the molecule is COc1cc(Nc2nccc(Nc3ccc(F)c(F)c3)n2)c(OC)cc1Cl. The van der Waals surface area contributed by atoms with Crippen molar-refractivity contribution in [1.29, 1.82) is 0 Å². The van der Waals surface area contributed by atoms with Crippen molar-refractivity contribution in [2.24, 2.45) is 0 Å². The summed E-state index contributed by atoms with van der Waals surface area (Å²) < 4.78 is 36.9. The molecule has 27 heavy (non-hydrogen) atoms. The first-order valence-electron chi connectivity index (χ1n) is 7.74. The molecule has 3 rings (SSSR count). The van der Waals surface area contributed by atoms with E-state index in [-0.39, 0.29) is 5.95 Å². The molecule has 3 aromatic rings. The molecular formula is C18H15ClF2N4O2. The number of aromatic nitrogens is 2. The van der Waals surface area contributed by atoms with Gasteiger partial charge in [-0.05, 0) is 18.2 Å². The molecule has 0 radical (unpaired) electrons. The third kappa shape index (κ3) is 4.35. The first kappa shape index (κ1) is 18.7. The van der Waals surface area contributed by atoms with E-state index >= 15 is 0 Å². The van der Waals surface area contributed by atoms with Gasteiger partial charge in [0.1, 0.15) is 17.3 Å². The van der Waals surface area contributed by atoms with Crippen LogP contribution in [0.3, 0.4) is 0 Å². The van der Waals surface area contributed by atoms with Gasteiger partial charge in [0, 0.05) is 30.1 Å². The monoisotopic (exact) mass is 392 g/mol. The maximum absolute atomic E-state index is 13.3. The van der Waals surface area contributed by atoms with Gasteiger partial charge in [-0.15, -0.1) is 0 Å². The van der Waals surface area contributed by atoms with Gasteiger partial charge in [-0.3, -0.25) is 0 Å². The molecule has 0 saturated heterocycles. The number of nitrogens with zero attached hydrogens (tertiary/aromatic N) is 2. The van der Waals surface area contributed by atoms with Gasteiger partial charge in [0.15, 0.2) is 11.6 Å². The summed E-state index contributed by atoms with van der Waals surface area (Å²) >= 11 is 6.09. The van der Waals surface area contributed by atoms with Gasteiger partial charge in [0.25, 0.3) is 0 Å². The number of nitrogens with one attached hydrogen (secondary N) is 2. The number of rotatable bonds is 6. The molecule has 0 spiro atoms. The summed E-state index contributed by atoms with van der Waals surface area (Å²) in [5, 5.41) is 6.29. The molecule has 1 heterocycles. The molecule has 0 saturated carbocycles. The van der Waals surface area contributed by atoms with Gasteiger partial charge >= 0.3 is 0 Å². The van der Waals surface area contributed by atoms with Crippen LogP contribution in [0, 0.1) is 11.6 Å². The molecule has 1 aromatic heterocycles. The zero-order valence-electron chi connectivity index (χ0n) is 14.4. The lowest BCUT2D eigenvalue weighted by atomic mass is 10.2. The minimum absolute atomic E-state index is 0.255. The fourth-order valence-corrected chi connectivity index (χ4v) is 2.52. The highest BCUT2D eigenvalue weighted by Crippen LogP contribution is 2.36. The molecule has 0 aliphatic heterocycles. The maximum atomic E-state index is 13.3. The number of hydrogen-bond acceptors (Lipinski definition) is 6. The van der Waals surface area contributed by atoms with Gasteiger partial charge in [0.05, 0.1) is 24.9 Å². The molecule has 0 unspecified atom stereocenters. The lowest BCUT2D eigenvalue weighted by Gasteiger charge is -2.13. The van der Waals surface area contributed by atoms with Crippen LogP contribution in [-0.2, 0) is 0 Å². The van der Waals surface area contributed by atoms with Crippen molar-refractivity contribution in [3.63, 3.8) is 0 Å². The van der Waals surface area contributed by atoms with Crippen molar-refractivity contribution in [1.82, 2.24) is 9.97 Å². The second kappa shape index (κ2) is 8.05. The van der Waals surface area contributed by atoms with Gasteiger partial charge in [-0.2, -0.15) is 4.98 Å². The quantitative estimate of drug-likeness (QED) is 0.621. The second-order valence-electron chi connectivity index (χ2n) is 5.33. The minimum Gasteiger partial charge on any atom is -0.495 e. The minimum atomic E-state index is -0.953. The smallest absolute Gasteiger partial charge is 0.229 e. The number of hydrogen-bond donors (Lipinski definition) is 2. The lowest BCUT2D eigenvalue weighted by molar-refractivity contribution is 0.405. The van der Waals surface area contributed by atoms with Gasteiger partial charge in [-0.25, -0.2) is 13.8 Å². The van der Waals surface area contributed by atoms with Crippen LogP contribution >= 0.6 is 11.6 Å². The number of anilines is 4. The van der Waals surface area contributed by atoms with Crippen molar-refractivity contribution in [2.75, 3.05) is 24.9 Å². The Kier molecular flexibility index (Phi) is 5.56. The van der Waals surface area contributed by atoms with Gasteiger partial charge < -0.3 is 20.1 Å². The Morgan fingerprint density at radius 1 is 0.926 bits per heavy atom. The zero-order valence-corrected chi connectivity index (χ0v) is 15.1. The van der Waals surface area contributed by atoms with Crippen molar-refractivity contribution in [3.8, 4) is 11.5 Å². The van der Waals surface area contributed by atoms with Crippen LogP contribution in [0.15, 0.2) is 42.6 Å². The highest BCUT2D eigenvalue weighted by Gasteiger charge is 2.12. The van der Waals surface area contributed by atoms with Crippen molar-refractivity contribution in [3.05, 3.63) is 59.3 Å². The Morgan fingerprint density at radius 3 is 2.41 bits per heavy atom. The van der Waals surface area contributed by atoms with Crippen molar-refractivity contribution >= 4 is 34.7 Å². The van der Waals surface area contributed by atoms with Crippen LogP contribution in [0.1, 0.15) is 0 Å².